The molecule has 3 aromatic rings. The molecule has 4 nitrogen and oxygen atoms in total. The third-order valence-electron chi connectivity index (χ3n) is 7.81. The number of aldehydes is 1. The number of carbonyl (C=O) groups excluding carboxylic acids is 1. The van der Waals surface area contributed by atoms with E-state index in [1.165, 1.54) is 36.1 Å². The van der Waals surface area contributed by atoms with Crippen molar-refractivity contribution in [3.8, 4) is 5.75 Å². The molecule has 1 aliphatic carbocycles. The fourth-order valence-electron chi connectivity index (χ4n) is 5.14. The van der Waals surface area contributed by atoms with Gasteiger partial charge in [-0.25, -0.2) is 0 Å². The summed E-state index contributed by atoms with van der Waals surface area (Å²) in [6.45, 7) is 11.1. The second kappa shape index (κ2) is 13.0. The van der Waals surface area contributed by atoms with E-state index < -0.39 is 6.18 Å². The van der Waals surface area contributed by atoms with E-state index in [0.29, 0.717) is 17.9 Å². The predicted octanol–water partition coefficient (Wildman–Crippen LogP) is 8.54. The Morgan fingerprint density at radius 2 is 1.34 bits per heavy atom. The zero-order valence-electron chi connectivity index (χ0n) is 24.5. The summed E-state index contributed by atoms with van der Waals surface area (Å²) in [4.78, 5) is 16.7. The average Bonchev–Trinajstić information content (AvgIpc) is 2.90. The van der Waals surface area contributed by atoms with Gasteiger partial charge in [0.2, 0.25) is 0 Å². The second-order valence-electron chi connectivity index (χ2n) is 12.1. The normalized spacial score (nSPS) is 16.0. The van der Waals surface area contributed by atoms with Crippen LogP contribution in [0.5, 0.6) is 5.75 Å². The number of carbonyl (C=O) groups is 1. The van der Waals surface area contributed by atoms with Crippen molar-refractivity contribution in [1.29, 1.82) is 0 Å². The maximum Gasteiger partial charge on any atom is 0.386 e. The fraction of sp³-hybridized carbons (Fsp3) is 0.441. The van der Waals surface area contributed by atoms with Gasteiger partial charge in [-0.3, -0.25) is 4.79 Å². The van der Waals surface area contributed by atoms with Crippen LogP contribution in [0.15, 0.2) is 66.7 Å². The van der Waals surface area contributed by atoms with Crippen LogP contribution in [0.25, 0.3) is 0 Å². The van der Waals surface area contributed by atoms with Crippen molar-refractivity contribution in [2.75, 3.05) is 36.0 Å². The fourth-order valence-corrected chi connectivity index (χ4v) is 5.14. The molecule has 0 N–H and O–H groups in total. The van der Waals surface area contributed by atoms with Crippen molar-refractivity contribution < 1.29 is 22.7 Å². The molecule has 0 unspecified atom stereocenters. The van der Waals surface area contributed by atoms with Crippen LogP contribution < -0.4 is 14.5 Å². The topological polar surface area (TPSA) is 32.8 Å². The van der Waals surface area contributed by atoms with Gasteiger partial charge in [-0.15, -0.1) is 0 Å². The SMILES string of the molecule is CC(C)(C)c1ccc(COc2ccc(N3CCN(c4ccc(C5CCC5)cc4)CC3)cc2C=O)cc1.CC(F)(F)F. The number of ether oxygens (including phenoxy) is 1. The van der Waals surface area contributed by atoms with Crippen molar-refractivity contribution in [1.82, 2.24) is 0 Å². The number of piperazine rings is 1. The third-order valence-corrected chi connectivity index (χ3v) is 7.81. The molecule has 1 saturated carbocycles. The van der Waals surface area contributed by atoms with E-state index >= 15 is 0 Å². The molecule has 0 aromatic heterocycles. The zero-order chi connectivity index (χ0) is 29.6. The molecule has 0 spiro atoms. The Morgan fingerprint density at radius 3 is 1.83 bits per heavy atom. The van der Waals surface area contributed by atoms with Crippen molar-refractivity contribution in [2.45, 2.75) is 71.1 Å². The highest BCUT2D eigenvalue weighted by molar-refractivity contribution is 5.81. The Bertz CT molecular complexity index is 1260. The van der Waals surface area contributed by atoms with Crippen LogP contribution in [0.1, 0.15) is 79.9 Å². The van der Waals surface area contributed by atoms with E-state index in [2.05, 4.69) is 85.2 Å². The summed E-state index contributed by atoms with van der Waals surface area (Å²) in [6, 6.07) is 23.7. The van der Waals surface area contributed by atoms with Gasteiger partial charge >= 0.3 is 6.18 Å². The van der Waals surface area contributed by atoms with E-state index in [1.807, 2.05) is 12.1 Å². The molecular formula is C34H41F3N2O2. The first-order chi connectivity index (χ1) is 19.4. The number of hydrogen-bond acceptors (Lipinski definition) is 4. The molecule has 5 rings (SSSR count). The molecule has 2 fully saturated rings. The maximum absolute atomic E-state index is 11.9. The number of anilines is 2. The first-order valence-electron chi connectivity index (χ1n) is 14.4. The highest BCUT2D eigenvalue weighted by Gasteiger charge is 2.22. The first kappa shape index (κ1) is 30.5. The number of benzene rings is 3. The summed E-state index contributed by atoms with van der Waals surface area (Å²) < 4.78 is 37.1. The number of nitrogens with zero attached hydrogens (tertiary/aromatic N) is 2. The smallest absolute Gasteiger partial charge is 0.386 e. The lowest BCUT2D eigenvalue weighted by atomic mass is 9.80. The molecule has 0 bridgehead atoms. The lowest BCUT2D eigenvalue weighted by Crippen LogP contribution is -2.46. The highest BCUT2D eigenvalue weighted by atomic mass is 19.4. The number of rotatable bonds is 7. The molecule has 220 valence electrons. The van der Waals surface area contributed by atoms with Gasteiger partial charge in [0.05, 0.1) is 5.56 Å². The van der Waals surface area contributed by atoms with Crippen LogP contribution in [0.3, 0.4) is 0 Å². The lowest BCUT2D eigenvalue weighted by molar-refractivity contribution is -0.110. The van der Waals surface area contributed by atoms with Crippen molar-refractivity contribution in [3.63, 3.8) is 0 Å². The van der Waals surface area contributed by atoms with Crippen LogP contribution in [-0.2, 0) is 12.0 Å². The summed E-state index contributed by atoms with van der Waals surface area (Å²) in [7, 11) is 0. The molecule has 0 amide bonds. The Kier molecular flexibility index (Phi) is 9.67. The highest BCUT2D eigenvalue weighted by Crippen LogP contribution is 2.37. The molecular weight excluding hydrogens is 525 g/mol. The van der Waals surface area contributed by atoms with Crippen LogP contribution in [0.2, 0.25) is 0 Å². The second-order valence-corrected chi connectivity index (χ2v) is 12.1. The standard InChI is InChI=1S/C32H38N2O2.C2H3F3/c1-32(2,3)28-11-7-24(8-12-28)23-36-31-16-15-30(21-27(31)22-35)34-19-17-33(18-20-34)29-13-9-26(10-14-29)25-5-4-6-25;1-2(3,4)5/h7-16,21-22,25H,4-6,17-20,23H2,1-3H3;1H3. The van der Waals surface area contributed by atoms with Crippen LogP contribution >= 0.6 is 0 Å². The van der Waals surface area contributed by atoms with Gasteiger partial charge in [-0.2, -0.15) is 13.2 Å². The zero-order valence-corrected chi connectivity index (χ0v) is 24.5. The van der Waals surface area contributed by atoms with Crippen molar-refractivity contribution >= 4 is 17.7 Å². The summed E-state index contributed by atoms with van der Waals surface area (Å²) in [6.07, 6.45) is 0.963. The van der Waals surface area contributed by atoms with Crippen molar-refractivity contribution in [3.05, 3.63) is 89.0 Å². The number of hydrogen-bond donors (Lipinski definition) is 0. The van der Waals surface area contributed by atoms with Gasteiger partial charge in [-0.05, 0) is 71.2 Å². The molecule has 1 saturated heterocycles. The molecule has 0 atom stereocenters. The van der Waals surface area contributed by atoms with E-state index in [4.69, 9.17) is 4.74 Å². The van der Waals surface area contributed by atoms with Gasteiger partial charge in [0, 0.05) is 44.5 Å². The molecule has 2 aliphatic rings. The Balaban J connectivity index is 0.000000714. The lowest BCUT2D eigenvalue weighted by Gasteiger charge is -2.37. The van der Waals surface area contributed by atoms with E-state index in [1.54, 1.807) is 0 Å². The number of halogens is 3. The van der Waals surface area contributed by atoms with Crippen LogP contribution in [0.4, 0.5) is 24.5 Å². The monoisotopic (exact) mass is 566 g/mol. The summed E-state index contributed by atoms with van der Waals surface area (Å²) in [5.74, 6) is 1.42. The van der Waals surface area contributed by atoms with Gasteiger partial charge in [-0.1, -0.05) is 63.6 Å². The molecule has 1 heterocycles. The molecule has 1 aliphatic heterocycles. The maximum atomic E-state index is 11.9. The minimum atomic E-state index is -4.00. The van der Waals surface area contributed by atoms with E-state index in [0.717, 1.165) is 49.6 Å². The average molecular weight is 567 g/mol. The minimum Gasteiger partial charge on any atom is -0.488 e. The van der Waals surface area contributed by atoms with Crippen molar-refractivity contribution in [2.24, 2.45) is 0 Å². The Labute approximate surface area is 242 Å². The summed E-state index contributed by atoms with van der Waals surface area (Å²) in [5.41, 5.74) is 7.02. The van der Waals surface area contributed by atoms with Gasteiger partial charge < -0.3 is 14.5 Å². The van der Waals surface area contributed by atoms with Gasteiger partial charge in [0.25, 0.3) is 0 Å². The van der Waals surface area contributed by atoms with Crippen LogP contribution in [0, 0.1) is 0 Å². The van der Waals surface area contributed by atoms with E-state index in [9.17, 15) is 18.0 Å². The summed E-state index contributed by atoms with van der Waals surface area (Å²) in [5, 5.41) is 0. The van der Waals surface area contributed by atoms with Crippen LogP contribution in [-0.4, -0.2) is 38.6 Å². The van der Waals surface area contributed by atoms with Gasteiger partial charge in [0.15, 0.2) is 6.29 Å². The predicted molar refractivity (Wildman–Crippen MR) is 160 cm³/mol. The first-order valence-corrected chi connectivity index (χ1v) is 14.4. The molecule has 0 radical (unpaired) electrons. The largest absolute Gasteiger partial charge is 0.488 e. The quantitative estimate of drug-likeness (QED) is 0.268. The molecule has 41 heavy (non-hydrogen) atoms. The van der Waals surface area contributed by atoms with Gasteiger partial charge in [0.1, 0.15) is 12.4 Å². The molecule has 7 heteroatoms. The molecule has 3 aromatic carbocycles. The minimum absolute atomic E-state index is 0.130. The summed E-state index contributed by atoms with van der Waals surface area (Å²) >= 11 is 0. The Hall–Kier alpha value is -3.48. The Morgan fingerprint density at radius 1 is 0.805 bits per heavy atom. The third kappa shape index (κ3) is 8.75. The number of alkyl halides is 3. The van der Waals surface area contributed by atoms with E-state index in [-0.39, 0.29) is 12.3 Å².